The van der Waals surface area contributed by atoms with Crippen molar-refractivity contribution in [2.75, 3.05) is 26.2 Å². The van der Waals surface area contributed by atoms with Gasteiger partial charge in [-0.3, -0.25) is 15.0 Å². The van der Waals surface area contributed by atoms with Crippen LogP contribution in [0.3, 0.4) is 0 Å². The first-order valence-corrected chi connectivity index (χ1v) is 7.02. The van der Waals surface area contributed by atoms with Crippen LogP contribution in [0.25, 0.3) is 0 Å². The fourth-order valence-electron chi connectivity index (χ4n) is 2.72. The lowest BCUT2D eigenvalue weighted by Gasteiger charge is -2.35. The number of rotatable bonds is 5. The Balaban J connectivity index is 0.00000242. The zero-order valence-electron chi connectivity index (χ0n) is 13.0. The van der Waals surface area contributed by atoms with Crippen molar-refractivity contribution in [3.63, 3.8) is 0 Å². The van der Waals surface area contributed by atoms with E-state index in [1.807, 2.05) is 6.92 Å². The molecule has 0 spiro atoms. The number of halogens is 3. The molecule has 2 rings (SSSR count). The lowest BCUT2D eigenvalue weighted by molar-refractivity contribution is -0.386. The summed E-state index contributed by atoms with van der Waals surface area (Å²) < 4.78 is 13.3. The largest absolute Gasteiger partial charge is 0.314 e. The van der Waals surface area contributed by atoms with E-state index in [4.69, 9.17) is 0 Å². The third-order valence-electron chi connectivity index (χ3n) is 3.68. The van der Waals surface area contributed by atoms with E-state index in [-0.39, 0.29) is 36.5 Å². The second-order valence-electron chi connectivity index (χ2n) is 5.42. The first-order chi connectivity index (χ1) is 9.99. The van der Waals surface area contributed by atoms with Gasteiger partial charge in [0.05, 0.1) is 11.0 Å². The second kappa shape index (κ2) is 9.82. The van der Waals surface area contributed by atoms with Crippen LogP contribution in [0, 0.1) is 15.9 Å². The molecule has 1 saturated heterocycles. The molecular weight excluding hydrogens is 344 g/mol. The third kappa shape index (κ3) is 5.73. The Morgan fingerprint density at radius 1 is 1.43 bits per heavy atom. The standard InChI is InChI=1S/C15H20FN3O2.2ClH/c1-11(2)9-14(18-7-5-17-6-8-18)13-4-3-12(16)10-15(13)19(20)21;;/h3-4,10,14,17H,1,5-9H2,2H3;2*1H/t14-;;/m0../s1. The molecule has 1 aromatic carbocycles. The summed E-state index contributed by atoms with van der Waals surface area (Å²) in [5.41, 5.74) is 1.36. The Morgan fingerprint density at radius 3 is 2.57 bits per heavy atom. The van der Waals surface area contributed by atoms with Gasteiger partial charge in [-0.05, 0) is 25.5 Å². The molecule has 0 aliphatic carbocycles. The van der Waals surface area contributed by atoms with Crippen LogP contribution < -0.4 is 5.32 Å². The Labute approximate surface area is 147 Å². The first kappa shape index (κ1) is 21.8. The van der Waals surface area contributed by atoms with Gasteiger partial charge in [0.2, 0.25) is 0 Å². The number of nitro benzene ring substituents is 1. The molecule has 0 amide bonds. The number of nitrogens with one attached hydrogen (secondary N) is 1. The highest BCUT2D eigenvalue weighted by Gasteiger charge is 2.28. The van der Waals surface area contributed by atoms with E-state index in [1.54, 1.807) is 0 Å². The molecule has 1 aliphatic rings. The summed E-state index contributed by atoms with van der Waals surface area (Å²) in [6.45, 7) is 9.15. The van der Waals surface area contributed by atoms with Crippen molar-refractivity contribution in [3.8, 4) is 0 Å². The summed E-state index contributed by atoms with van der Waals surface area (Å²) in [6.07, 6.45) is 0.631. The topological polar surface area (TPSA) is 58.4 Å². The Bertz CT molecular complexity index is 552. The predicted octanol–water partition coefficient (Wildman–Crippen LogP) is 3.49. The van der Waals surface area contributed by atoms with Crippen LogP contribution in [-0.4, -0.2) is 36.0 Å². The molecule has 5 nitrogen and oxygen atoms in total. The van der Waals surface area contributed by atoms with Gasteiger partial charge in [-0.2, -0.15) is 0 Å². The quantitative estimate of drug-likeness (QED) is 0.492. The number of piperazine rings is 1. The molecule has 0 radical (unpaired) electrons. The third-order valence-corrected chi connectivity index (χ3v) is 3.68. The van der Waals surface area contributed by atoms with Gasteiger partial charge in [-0.15, -0.1) is 31.4 Å². The Hall–Kier alpha value is -1.21. The molecule has 23 heavy (non-hydrogen) atoms. The summed E-state index contributed by atoms with van der Waals surface area (Å²) in [5, 5.41) is 14.5. The number of hydrogen-bond donors (Lipinski definition) is 1. The van der Waals surface area contributed by atoms with E-state index >= 15 is 0 Å². The van der Waals surface area contributed by atoms with E-state index in [1.165, 1.54) is 12.1 Å². The number of benzene rings is 1. The summed E-state index contributed by atoms with van der Waals surface area (Å²) >= 11 is 0. The van der Waals surface area contributed by atoms with Crippen molar-refractivity contribution in [1.82, 2.24) is 10.2 Å². The molecule has 1 N–H and O–H groups in total. The maximum absolute atomic E-state index is 13.3. The van der Waals surface area contributed by atoms with E-state index in [0.29, 0.717) is 12.0 Å². The van der Waals surface area contributed by atoms with Crippen molar-refractivity contribution >= 4 is 30.5 Å². The lowest BCUT2D eigenvalue weighted by atomic mass is 9.96. The smallest absolute Gasteiger partial charge is 0.277 e. The molecule has 1 atom stereocenters. The Kier molecular flexibility index (Phi) is 9.31. The van der Waals surface area contributed by atoms with Gasteiger partial charge in [0.15, 0.2) is 0 Å². The highest BCUT2D eigenvalue weighted by Crippen LogP contribution is 2.34. The van der Waals surface area contributed by atoms with Gasteiger partial charge < -0.3 is 5.32 Å². The van der Waals surface area contributed by atoms with Crippen LogP contribution in [0.5, 0.6) is 0 Å². The molecule has 1 aliphatic heterocycles. The monoisotopic (exact) mass is 365 g/mol. The predicted molar refractivity (Wildman–Crippen MR) is 94.2 cm³/mol. The van der Waals surface area contributed by atoms with Crippen LogP contribution in [0.15, 0.2) is 30.4 Å². The number of nitro groups is 1. The number of nitrogens with zero attached hydrogens (tertiary/aromatic N) is 2. The SMILES string of the molecule is C=C(C)C[C@@H](c1ccc(F)cc1[N+](=O)[O-])N1CCNCC1.Cl.Cl. The van der Waals surface area contributed by atoms with E-state index in [0.717, 1.165) is 37.8 Å². The maximum atomic E-state index is 13.3. The summed E-state index contributed by atoms with van der Waals surface area (Å²) in [6, 6.07) is 3.69. The van der Waals surface area contributed by atoms with Gasteiger partial charge >= 0.3 is 0 Å². The highest BCUT2D eigenvalue weighted by atomic mass is 35.5. The minimum absolute atomic E-state index is 0. The highest BCUT2D eigenvalue weighted by molar-refractivity contribution is 5.85. The fourth-order valence-corrected chi connectivity index (χ4v) is 2.72. The van der Waals surface area contributed by atoms with Crippen LogP contribution in [0.1, 0.15) is 24.9 Å². The van der Waals surface area contributed by atoms with Crippen molar-refractivity contribution in [2.24, 2.45) is 0 Å². The maximum Gasteiger partial charge on any atom is 0.277 e. The van der Waals surface area contributed by atoms with Gasteiger partial charge in [0.1, 0.15) is 5.82 Å². The average molecular weight is 366 g/mol. The Morgan fingerprint density at radius 2 is 2.04 bits per heavy atom. The molecule has 8 heteroatoms. The van der Waals surface area contributed by atoms with Gasteiger partial charge in [-0.25, -0.2) is 4.39 Å². The number of hydrogen-bond acceptors (Lipinski definition) is 4. The van der Waals surface area contributed by atoms with Gasteiger partial charge in [0, 0.05) is 37.8 Å². The molecule has 130 valence electrons. The molecule has 1 fully saturated rings. The van der Waals surface area contributed by atoms with Crippen molar-refractivity contribution in [2.45, 2.75) is 19.4 Å². The minimum Gasteiger partial charge on any atom is -0.314 e. The van der Waals surface area contributed by atoms with Crippen LogP contribution in [0.4, 0.5) is 10.1 Å². The molecule has 0 aromatic heterocycles. The van der Waals surface area contributed by atoms with E-state index in [9.17, 15) is 14.5 Å². The minimum atomic E-state index is -0.583. The summed E-state index contributed by atoms with van der Waals surface area (Å²) in [4.78, 5) is 12.9. The van der Waals surface area contributed by atoms with Crippen LogP contribution in [0.2, 0.25) is 0 Å². The van der Waals surface area contributed by atoms with Gasteiger partial charge in [-0.1, -0.05) is 5.57 Å². The molecule has 1 aromatic rings. The molecule has 0 bridgehead atoms. The zero-order chi connectivity index (χ0) is 15.4. The van der Waals surface area contributed by atoms with Crippen LogP contribution in [-0.2, 0) is 0 Å². The molecular formula is C15H22Cl2FN3O2. The second-order valence-corrected chi connectivity index (χ2v) is 5.42. The summed E-state index contributed by atoms with van der Waals surface area (Å²) in [5.74, 6) is -0.583. The van der Waals surface area contributed by atoms with Crippen LogP contribution >= 0.6 is 24.8 Å². The molecule has 0 unspecified atom stereocenters. The first-order valence-electron chi connectivity index (χ1n) is 7.02. The lowest BCUT2D eigenvalue weighted by Crippen LogP contribution is -2.45. The molecule has 1 heterocycles. The van der Waals surface area contributed by atoms with E-state index < -0.39 is 10.7 Å². The zero-order valence-corrected chi connectivity index (χ0v) is 14.6. The molecule has 0 saturated carbocycles. The fraction of sp³-hybridized carbons (Fsp3) is 0.467. The average Bonchev–Trinajstić information content (AvgIpc) is 2.45. The van der Waals surface area contributed by atoms with Crippen molar-refractivity contribution < 1.29 is 9.31 Å². The van der Waals surface area contributed by atoms with Gasteiger partial charge in [0.25, 0.3) is 5.69 Å². The van der Waals surface area contributed by atoms with Crippen molar-refractivity contribution in [3.05, 3.63) is 51.8 Å². The van der Waals surface area contributed by atoms with Crippen molar-refractivity contribution in [1.29, 1.82) is 0 Å². The van der Waals surface area contributed by atoms with E-state index in [2.05, 4.69) is 16.8 Å². The normalized spacial score (nSPS) is 15.9. The summed E-state index contributed by atoms with van der Waals surface area (Å²) in [7, 11) is 0.